The first-order chi connectivity index (χ1) is 14.2. The minimum atomic E-state index is -3.74. The van der Waals surface area contributed by atoms with E-state index in [0.29, 0.717) is 42.7 Å². The minimum Gasteiger partial charge on any atom is -0.486 e. The lowest BCUT2D eigenvalue weighted by molar-refractivity contribution is 0.0954. The fraction of sp³-hybridized carbons (Fsp3) is 0.350. The van der Waals surface area contributed by atoms with Gasteiger partial charge in [0.1, 0.15) is 13.2 Å². The molecule has 0 unspecified atom stereocenters. The van der Waals surface area contributed by atoms with Crippen LogP contribution in [0.2, 0.25) is 10.0 Å². The molecular weight excluding hydrogens is 451 g/mol. The molecule has 0 fully saturated rings. The van der Waals surface area contributed by atoms with Crippen LogP contribution in [0.15, 0.2) is 35.2 Å². The molecule has 0 aromatic heterocycles. The van der Waals surface area contributed by atoms with E-state index in [2.05, 4.69) is 10.0 Å². The summed E-state index contributed by atoms with van der Waals surface area (Å²) in [6.07, 6.45) is 0.493. The van der Waals surface area contributed by atoms with Crippen molar-refractivity contribution in [3.05, 3.63) is 51.5 Å². The average molecular weight is 473 g/mol. The molecule has 2 aromatic carbocycles. The number of halogens is 2. The molecule has 0 bridgehead atoms. The van der Waals surface area contributed by atoms with Crippen molar-refractivity contribution < 1.29 is 22.7 Å². The zero-order chi connectivity index (χ0) is 21.9. The van der Waals surface area contributed by atoms with E-state index in [1.165, 1.54) is 18.2 Å². The maximum Gasteiger partial charge on any atom is 0.252 e. The molecule has 0 saturated carbocycles. The molecule has 1 aliphatic rings. The fourth-order valence-electron chi connectivity index (χ4n) is 2.95. The van der Waals surface area contributed by atoms with Crippen molar-refractivity contribution in [3.8, 4) is 11.5 Å². The van der Waals surface area contributed by atoms with Gasteiger partial charge in [-0.25, -0.2) is 13.1 Å². The summed E-state index contributed by atoms with van der Waals surface area (Å²) in [6, 6.07) is 7.33. The normalized spacial score (nSPS) is 13.4. The van der Waals surface area contributed by atoms with Gasteiger partial charge in [0.2, 0.25) is 10.0 Å². The second-order valence-electron chi connectivity index (χ2n) is 7.03. The van der Waals surface area contributed by atoms with E-state index >= 15 is 0 Å². The van der Waals surface area contributed by atoms with Gasteiger partial charge < -0.3 is 14.8 Å². The Bertz CT molecular complexity index is 1060. The Labute approximate surface area is 185 Å². The summed E-state index contributed by atoms with van der Waals surface area (Å²) in [6.45, 7) is 4.63. The van der Waals surface area contributed by atoms with Gasteiger partial charge in [-0.3, -0.25) is 4.79 Å². The molecule has 2 N–H and O–H groups in total. The molecule has 1 amide bonds. The number of nitrogens with one attached hydrogen (secondary N) is 2. The Balaban J connectivity index is 1.68. The molecule has 0 saturated heterocycles. The molecule has 0 radical (unpaired) electrons. The average Bonchev–Trinajstić information content (AvgIpc) is 2.67. The zero-order valence-electron chi connectivity index (χ0n) is 16.5. The van der Waals surface area contributed by atoms with Crippen molar-refractivity contribution in [2.45, 2.75) is 31.2 Å². The van der Waals surface area contributed by atoms with Crippen molar-refractivity contribution in [2.75, 3.05) is 19.8 Å². The summed E-state index contributed by atoms with van der Waals surface area (Å²) in [5.41, 5.74) is 0.955. The van der Waals surface area contributed by atoms with Gasteiger partial charge >= 0.3 is 0 Å². The molecule has 7 nitrogen and oxygen atoms in total. The van der Waals surface area contributed by atoms with Crippen molar-refractivity contribution in [1.29, 1.82) is 0 Å². The highest BCUT2D eigenvalue weighted by Crippen LogP contribution is 2.38. The topological polar surface area (TPSA) is 93.7 Å². The van der Waals surface area contributed by atoms with E-state index in [1.807, 2.05) is 6.07 Å². The van der Waals surface area contributed by atoms with E-state index in [-0.39, 0.29) is 21.5 Å². The van der Waals surface area contributed by atoms with E-state index < -0.39 is 15.9 Å². The SMILES string of the molecule is CC(C)NS(=O)(=O)c1ccc(Cl)c(C(=O)NCCc2cc(Cl)c3c(c2)OCCO3)c1. The Morgan fingerprint density at radius 1 is 1.10 bits per heavy atom. The van der Waals surface area contributed by atoms with E-state index in [9.17, 15) is 13.2 Å². The van der Waals surface area contributed by atoms with Gasteiger partial charge in [0, 0.05) is 12.6 Å². The Hall–Kier alpha value is -2.00. The summed E-state index contributed by atoms with van der Waals surface area (Å²) >= 11 is 12.3. The van der Waals surface area contributed by atoms with Crippen LogP contribution in [0.3, 0.4) is 0 Å². The molecule has 10 heteroatoms. The maximum absolute atomic E-state index is 12.6. The lowest BCUT2D eigenvalue weighted by Crippen LogP contribution is -2.31. The van der Waals surface area contributed by atoms with Crippen LogP contribution in [-0.2, 0) is 16.4 Å². The van der Waals surface area contributed by atoms with Crippen molar-refractivity contribution >= 4 is 39.1 Å². The molecule has 3 rings (SSSR count). The predicted molar refractivity (Wildman–Crippen MR) is 115 cm³/mol. The van der Waals surface area contributed by atoms with Gasteiger partial charge in [-0.1, -0.05) is 23.2 Å². The first-order valence-electron chi connectivity index (χ1n) is 9.35. The highest BCUT2D eigenvalue weighted by Gasteiger charge is 2.20. The van der Waals surface area contributed by atoms with E-state index in [1.54, 1.807) is 19.9 Å². The lowest BCUT2D eigenvalue weighted by atomic mass is 10.1. The number of ether oxygens (including phenoxy) is 2. The van der Waals surface area contributed by atoms with Crippen LogP contribution in [0.4, 0.5) is 0 Å². The molecular formula is C20H22Cl2N2O5S. The highest BCUT2D eigenvalue weighted by atomic mass is 35.5. The lowest BCUT2D eigenvalue weighted by Gasteiger charge is -2.20. The predicted octanol–water partition coefficient (Wildman–Crippen LogP) is 3.42. The largest absolute Gasteiger partial charge is 0.486 e. The summed E-state index contributed by atoms with van der Waals surface area (Å²) in [5.74, 6) is 0.634. The first kappa shape index (κ1) is 22.7. The van der Waals surface area contributed by atoms with Crippen LogP contribution in [-0.4, -0.2) is 40.1 Å². The third kappa shape index (κ3) is 5.37. The number of sulfonamides is 1. The van der Waals surface area contributed by atoms with Gasteiger partial charge in [0.05, 0.1) is 20.5 Å². The molecule has 0 spiro atoms. The number of amides is 1. The molecule has 0 aliphatic carbocycles. The standard InChI is InChI=1S/C20H22Cl2N2O5S/c1-12(2)24-30(26,27)14-3-4-16(21)15(11-14)20(25)23-6-5-13-9-17(22)19-18(10-13)28-7-8-29-19/h3-4,9-12,24H,5-8H2,1-2H3,(H,23,25). The molecule has 162 valence electrons. The number of carbonyl (C=O) groups is 1. The number of carbonyl (C=O) groups excluding carboxylic acids is 1. The Morgan fingerprint density at radius 3 is 2.57 bits per heavy atom. The summed E-state index contributed by atoms with van der Waals surface area (Å²) < 4.78 is 38.2. The maximum atomic E-state index is 12.6. The molecule has 2 aromatic rings. The second kappa shape index (κ2) is 9.43. The molecule has 1 aliphatic heterocycles. The quantitative estimate of drug-likeness (QED) is 0.643. The smallest absolute Gasteiger partial charge is 0.252 e. The van der Waals surface area contributed by atoms with Crippen LogP contribution < -0.4 is 19.5 Å². The summed E-state index contributed by atoms with van der Waals surface area (Å²) in [7, 11) is -3.74. The number of hydrogen-bond acceptors (Lipinski definition) is 5. The Morgan fingerprint density at radius 2 is 1.83 bits per heavy atom. The van der Waals surface area contributed by atoms with Crippen LogP contribution in [0.25, 0.3) is 0 Å². The Kier molecular flexibility index (Phi) is 7.13. The van der Waals surface area contributed by atoms with Gasteiger partial charge in [-0.2, -0.15) is 0 Å². The molecule has 0 atom stereocenters. The summed E-state index contributed by atoms with van der Waals surface area (Å²) in [4.78, 5) is 12.6. The third-order valence-electron chi connectivity index (χ3n) is 4.24. The van der Waals surface area contributed by atoms with Gasteiger partial charge in [0.25, 0.3) is 5.91 Å². The molecule has 30 heavy (non-hydrogen) atoms. The van der Waals surface area contributed by atoms with Crippen LogP contribution in [0, 0.1) is 0 Å². The van der Waals surface area contributed by atoms with E-state index in [0.717, 1.165) is 5.56 Å². The van der Waals surface area contributed by atoms with Crippen molar-refractivity contribution in [3.63, 3.8) is 0 Å². The fourth-order valence-corrected chi connectivity index (χ4v) is 4.72. The number of benzene rings is 2. The number of fused-ring (bicyclic) bond motifs is 1. The van der Waals surface area contributed by atoms with Crippen molar-refractivity contribution in [2.24, 2.45) is 0 Å². The zero-order valence-corrected chi connectivity index (χ0v) is 18.8. The minimum absolute atomic E-state index is 0.0237. The van der Waals surface area contributed by atoms with Crippen LogP contribution in [0.1, 0.15) is 29.8 Å². The van der Waals surface area contributed by atoms with Crippen LogP contribution >= 0.6 is 23.2 Å². The highest BCUT2D eigenvalue weighted by molar-refractivity contribution is 7.89. The first-order valence-corrected chi connectivity index (χ1v) is 11.6. The van der Waals surface area contributed by atoms with Crippen LogP contribution in [0.5, 0.6) is 11.5 Å². The summed E-state index contributed by atoms with van der Waals surface area (Å²) in [5, 5.41) is 3.37. The van der Waals surface area contributed by atoms with Gasteiger partial charge in [-0.05, 0) is 56.2 Å². The number of hydrogen-bond donors (Lipinski definition) is 2. The molecule has 1 heterocycles. The van der Waals surface area contributed by atoms with Gasteiger partial charge in [0.15, 0.2) is 11.5 Å². The number of rotatable bonds is 7. The second-order valence-corrected chi connectivity index (χ2v) is 9.55. The van der Waals surface area contributed by atoms with E-state index in [4.69, 9.17) is 32.7 Å². The van der Waals surface area contributed by atoms with Gasteiger partial charge in [-0.15, -0.1) is 0 Å². The van der Waals surface area contributed by atoms with Crippen molar-refractivity contribution in [1.82, 2.24) is 10.0 Å². The monoisotopic (exact) mass is 472 g/mol. The third-order valence-corrected chi connectivity index (χ3v) is 6.51.